The van der Waals surface area contributed by atoms with Gasteiger partial charge in [0.25, 0.3) is 0 Å². The molecule has 0 saturated carbocycles. The highest BCUT2D eigenvalue weighted by Gasteiger charge is 2.32. The Bertz CT molecular complexity index is 749. The lowest BCUT2D eigenvalue weighted by atomic mass is 9.86. The topological polar surface area (TPSA) is 52.7 Å². The molecule has 0 spiro atoms. The summed E-state index contributed by atoms with van der Waals surface area (Å²) >= 11 is 0. The zero-order valence-electron chi connectivity index (χ0n) is 19.2. The van der Waals surface area contributed by atoms with Gasteiger partial charge in [-0.25, -0.2) is 0 Å². The molecular formula is C26H39N3O2. The van der Waals surface area contributed by atoms with Crippen LogP contribution in [-0.2, 0) is 16.0 Å². The third-order valence-electron chi connectivity index (χ3n) is 7.66. The fourth-order valence-corrected chi connectivity index (χ4v) is 5.69. The number of benzene rings is 1. The van der Waals surface area contributed by atoms with Gasteiger partial charge in [0.1, 0.15) is 0 Å². The third kappa shape index (κ3) is 5.49. The number of carbonyl (C=O) groups is 2. The van der Waals surface area contributed by atoms with E-state index in [1.54, 1.807) is 0 Å². The van der Waals surface area contributed by atoms with E-state index < -0.39 is 0 Å². The molecule has 170 valence electrons. The van der Waals surface area contributed by atoms with Crippen LogP contribution in [0.2, 0.25) is 0 Å². The second-order valence-corrected chi connectivity index (χ2v) is 9.68. The van der Waals surface area contributed by atoms with E-state index >= 15 is 0 Å². The van der Waals surface area contributed by atoms with Gasteiger partial charge in [0, 0.05) is 31.5 Å². The molecule has 2 aliphatic heterocycles. The summed E-state index contributed by atoms with van der Waals surface area (Å²) in [6, 6.07) is 9.33. The van der Waals surface area contributed by atoms with Crippen molar-refractivity contribution in [2.45, 2.75) is 83.2 Å². The second kappa shape index (κ2) is 10.6. The Kier molecular flexibility index (Phi) is 7.65. The van der Waals surface area contributed by atoms with E-state index in [1.165, 1.54) is 11.1 Å². The van der Waals surface area contributed by atoms with E-state index in [0.717, 1.165) is 84.0 Å². The van der Waals surface area contributed by atoms with Gasteiger partial charge in [0.2, 0.25) is 11.8 Å². The maximum Gasteiger partial charge on any atom is 0.223 e. The molecule has 3 aliphatic rings. The quantitative estimate of drug-likeness (QED) is 0.747. The number of amides is 2. The molecule has 2 heterocycles. The van der Waals surface area contributed by atoms with Crippen LogP contribution in [-0.4, -0.2) is 53.8 Å². The van der Waals surface area contributed by atoms with Crippen LogP contribution in [0, 0.1) is 5.92 Å². The number of likely N-dealkylation sites (tertiary alicyclic amines) is 2. The number of aryl methyl sites for hydroxylation is 1. The number of nitrogens with one attached hydrogen (secondary N) is 1. The maximum atomic E-state index is 13.0. The molecule has 2 saturated heterocycles. The lowest BCUT2D eigenvalue weighted by molar-refractivity contribution is -0.133. The molecule has 31 heavy (non-hydrogen) atoms. The summed E-state index contributed by atoms with van der Waals surface area (Å²) in [4.78, 5) is 29.9. The lowest BCUT2D eigenvalue weighted by Gasteiger charge is -2.41. The highest BCUT2D eigenvalue weighted by molar-refractivity contribution is 5.79. The summed E-state index contributed by atoms with van der Waals surface area (Å²) in [6.07, 6.45) is 10.2. The molecule has 0 aromatic heterocycles. The summed E-state index contributed by atoms with van der Waals surface area (Å²) in [5, 5.41) is 3.37. The predicted molar refractivity (Wildman–Crippen MR) is 124 cm³/mol. The van der Waals surface area contributed by atoms with Gasteiger partial charge in [0.05, 0.1) is 6.04 Å². The standard InChI is InChI=1S/C26H39N3O2/c1-2-3-11-25(30)29-18-14-22(15-19-29)28-16-12-21(13-17-28)26(31)27-24-10-6-8-20-7-4-5-9-23(20)24/h4-5,7,9,21-22,24H,2-3,6,8,10-19H2,1H3,(H,27,31). The zero-order valence-corrected chi connectivity index (χ0v) is 19.2. The van der Waals surface area contributed by atoms with E-state index in [9.17, 15) is 9.59 Å². The molecule has 1 aromatic carbocycles. The first-order chi connectivity index (χ1) is 15.2. The first kappa shape index (κ1) is 22.3. The number of hydrogen-bond donors (Lipinski definition) is 1. The van der Waals surface area contributed by atoms with Gasteiger partial charge in [0.15, 0.2) is 0 Å². The molecule has 5 heteroatoms. The minimum atomic E-state index is 0.140. The molecule has 5 nitrogen and oxygen atoms in total. The van der Waals surface area contributed by atoms with Gasteiger partial charge in [-0.1, -0.05) is 37.6 Å². The molecule has 1 atom stereocenters. The summed E-state index contributed by atoms with van der Waals surface area (Å²) in [5.74, 6) is 0.721. The third-order valence-corrected chi connectivity index (χ3v) is 7.66. The van der Waals surface area contributed by atoms with Crippen LogP contribution in [0.1, 0.15) is 81.9 Å². The number of nitrogens with zero attached hydrogens (tertiary/aromatic N) is 2. The number of hydrogen-bond acceptors (Lipinski definition) is 3. The number of fused-ring (bicyclic) bond motifs is 1. The Morgan fingerprint density at radius 1 is 1.00 bits per heavy atom. The highest BCUT2D eigenvalue weighted by atomic mass is 16.2. The Balaban J connectivity index is 1.22. The first-order valence-electron chi connectivity index (χ1n) is 12.6. The van der Waals surface area contributed by atoms with Crippen molar-refractivity contribution in [1.82, 2.24) is 15.1 Å². The van der Waals surface area contributed by atoms with Crippen molar-refractivity contribution >= 4 is 11.8 Å². The SMILES string of the molecule is CCCCC(=O)N1CCC(N2CCC(C(=O)NC3CCCc4ccccc43)CC2)CC1. The van der Waals surface area contributed by atoms with Crippen molar-refractivity contribution < 1.29 is 9.59 Å². The van der Waals surface area contributed by atoms with Crippen LogP contribution in [0.25, 0.3) is 0 Å². The maximum absolute atomic E-state index is 13.0. The summed E-state index contributed by atoms with van der Waals surface area (Å²) in [7, 11) is 0. The van der Waals surface area contributed by atoms with Crippen LogP contribution < -0.4 is 5.32 Å². The monoisotopic (exact) mass is 425 g/mol. The average Bonchev–Trinajstić information content (AvgIpc) is 2.83. The van der Waals surface area contributed by atoms with Gasteiger partial charge < -0.3 is 15.1 Å². The predicted octanol–water partition coefficient (Wildman–Crippen LogP) is 4.07. The molecule has 2 amide bonds. The Labute approximate surface area is 187 Å². The fourth-order valence-electron chi connectivity index (χ4n) is 5.69. The van der Waals surface area contributed by atoms with Crippen molar-refractivity contribution in [3.8, 4) is 0 Å². The Morgan fingerprint density at radius 3 is 2.48 bits per heavy atom. The molecular weight excluding hydrogens is 386 g/mol. The molecule has 1 N–H and O–H groups in total. The van der Waals surface area contributed by atoms with Crippen molar-refractivity contribution in [3.63, 3.8) is 0 Å². The van der Waals surface area contributed by atoms with Crippen molar-refractivity contribution in [3.05, 3.63) is 35.4 Å². The molecule has 4 rings (SSSR count). The number of rotatable bonds is 6. The molecule has 1 aromatic rings. The van der Waals surface area contributed by atoms with Gasteiger partial charge in [-0.05, 0) is 75.6 Å². The summed E-state index contributed by atoms with van der Waals surface area (Å²) in [5.41, 5.74) is 2.72. The smallest absolute Gasteiger partial charge is 0.223 e. The number of unbranched alkanes of at least 4 members (excludes halogenated alkanes) is 1. The molecule has 1 aliphatic carbocycles. The van der Waals surface area contributed by atoms with Crippen molar-refractivity contribution in [1.29, 1.82) is 0 Å². The number of piperidine rings is 2. The van der Waals surface area contributed by atoms with Gasteiger partial charge in [-0.15, -0.1) is 0 Å². The Hall–Kier alpha value is -1.88. The average molecular weight is 426 g/mol. The minimum absolute atomic E-state index is 0.140. The van der Waals surface area contributed by atoms with Gasteiger partial charge in [-0.2, -0.15) is 0 Å². The second-order valence-electron chi connectivity index (χ2n) is 9.68. The summed E-state index contributed by atoms with van der Waals surface area (Å²) < 4.78 is 0. The number of carbonyl (C=O) groups excluding carboxylic acids is 2. The normalized spacial score (nSPS) is 23.4. The zero-order chi connectivity index (χ0) is 21.6. The van der Waals surface area contributed by atoms with E-state index in [2.05, 4.69) is 46.3 Å². The molecule has 0 radical (unpaired) electrons. The van der Waals surface area contributed by atoms with Crippen LogP contribution >= 0.6 is 0 Å². The fraction of sp³-hybridized carbons (Fsp3) is 0.692. The van der Waals surface area contributed by atoms with E-state index in [-0.39, 0.29) is 17.9 Å². The minimum Gasteiger partial charge on any atom is -0.349 e. The van der Waals surface area contributed by atoms with E-state index in [1.807, 2.05) is 0 Å². The van der Waals surface area contributed by atoms with Crippen LogP contribution in [0.3, 0.4) is 0 Å². The van der Waals surface area contributed by atoms with Gasteiger partial charge >= 0.3 is 0 Å². The largest absolute Gasteiger partial charge is 0.349 e. The Morgan fingerprint density at radius 2 is 1.74 bits per heavy atom. The summed E-state index contributed by atoms with van der Waals surface area (Å²) in [6.45, 7) is 5.95. The highest BCUT2D eigenvalue weighted by Crippen LogP contribution is 2.31. The van der Waals surface area contributed by atoms with E-state index in [0.29, 0.717) is 18.4 Å². The van der Waals surface area contributed by atoms with E-state index in [4.69, 9.17) is 0 Å². The van der Waals surface area contributed by atoms with Crippen molar-refractivity contribution in [2.75, 3.05) is 26.2 Å². The molecule has 0 bridgehead atoms. The van der Waals surface area contributed by atoms with Crippen LogP contribution in [0.4, 0.5) is 0 Å². The van der Waals surface area contributed by atoms with Crippen LogP contribution in [0.15, 0.2) is 24.3 Å². The lowest BCUT2D eigenvalue weighted by Crippen LogP contribution is -2.50. The van der Waals surface area contributed by atoms with Gasteiger partial charge in [-0.3, -0.25) is 9.59 Å². The first-order valence-corrected chi connectivity index (χ1v) is 12.6. The van der Waals surface area contributed by atoms with Crippen LogP contribution in [0.5, 0.6) is 0 Å². The molecule has 1 unspecified atom stereocenters. The molecule has 2 fully saturated rings. The van der Waals surface area contributed by atoms with Crippen molar-refractivity contribution in [2.24, 2.45) is 5.92 Å².